The molecule has 1 heterocycles. The van der Waals surface area contributed by atoms with E-state index in [0.717, 1.165) is 46.2 Å². The minimum Gasteiger partial charge on any atom is -0.493 e. The van der Waals surface area contributed by atoms with E-state index in [-0.39, 0.29) is 0 Å². The molecule has 0 saturated carbocycles. The zero-order chi connectivity index (χ0) is 21.1. The second kappa shape index (κ2) is 8.93. The Morgan fingerprint density at radius 2 is 1.77 bits per heavy atom. The van der Waals surface area contributed by atoms with Gasteiger partial charge in [0.1, 0.15) is 11.6 Å². The number of fused-ring (bicyclic) bond motifs is 1. The highest BCUT2D eigenvalue weighted by Gasteiger charge is 2.13. The second-order valence-corrected chi connectivity index (χ2v) is 8.42. The van der Waals surface area contributed by atoms with Gasteiger partial charge < -0.3 is 9.30 Å². The maximum absolute atomic E-state index is 6.20. The first-order valence-corrected chi connectivity index (χ1v) is 10.9. The molecule has 4 rings (SSSR count). The van der Waals surface area contributed by atoms with Crippen LogP contribution in [0.3, 0.4) is 0 Å². The molecular weight excluding hydrogens is 392 g/mol. The van der Waals surface area contributed by atoms with Crippen molar-refractivity contribution in [3.63, 3.8) is 0 Å². The fraction of sp³-hybridized carbons (Fsp3) is 0.269. The summed E-state index contributed by atoms with van der Waals surface area (Å²) in [4.78, 5) is 4.88. The fourth-order valence-electron chi connectivity index (χ4n) is 3.77. The van der Waals surface area contributed by atoms with Crippen molar-refractivity contribution in [3.05, 3.63) is 82.9 Å². The molecule has 1 aromatic heterocycles. The third kappa shape index (κ3) is 4.36. The molecule has 0 saturated heterocycles. The first-order chi connectivity index (χ1) is 14.5. The van der Waals surface area contributed by atoms with E-state index in [1.807, 2.05) is 30.3 Å². The van der Waals surface area contributed by atoms with Crippen LogP contribution in [0.25, 0.3) is 22.4 Å². The summed E-state index contributed by atoms with van der Waals surface area (Å²) in [6.07, 6.45) is 0.895. The van der Waals surface area contributed by atoms with Gasteiger partial charge in [0.2, 0.25) is 0 Å². The van der Waals surface area contributed by atoms with Crippen LogP contribution < -0.4 is 4.74 Å². The Bertz CT molecular complexity index is 1150. The Morgan fingerprint density at radius 3 is 2.53 bits per heavy atom. The molecule has 0 aliphatic rings. The Balaban J connectivity index is 1.54. The van der Waals surface area contributed by atoms with Gasteiger partial charge in [0.25, 0.3) is 0 Å². The summed E-state index contributed by atoms with van der Waals surface area (Å²) in [7, 11) is 0. The van der Waals surface area contributed by atoms with Crippen LogP contribution in [0.4, 0.5) is 0 Å². The minimum absolute atomic E-state index is 0.440. The largest absolute Gasteiger partial charge is 0.493 e. The first-order valence-electron chi connectivity index (χ1n) is 10.5. The summed E-state index contributed by atoms with van der Waals surface area (Å²) >= 11 is 6.08. The molecule has 0 aliphatic carbocycles. The van der Waals surface area contributed by atoms with Gasteiger partial charge in [-0.2, -0.15) is 0 Å². The van der Waals surface area contributed by atoms with E-state index in [1.165, 1.54) is 11.1 Å². The molecule has 0 spiro atoms. The number of para-hydroxylation sites is 2. The third-order valence-corrected chi connectivity index (χ3v) is 5.58. The van der Waals surface area contributed by atoms with Crippen LogP contribution in [0, 0.1) is 6.92 Å². The predicted octanol–water partition coefficient (Wildman–Crippen LogP) is 7.26. The predicted molar refractivity (Wildman–Crippen MR) is 126 cm³/mol. The maximum Gasteiger partial charge on any atom is 0.141 e. The van der Waals surface area contributed by atoms with Crippen LogP contribution in [-0.4, -0.2) is 16.2 Å². The van der Waals surface area contributed by atoms with Crippen LogP contribution >= 0.6 is 11.6 Å². The zero-order valence-electron chi connectivity index (χ0n) is 17.7. The van der Waals surface area contributed by atoms with Crippen LogP contribution in [0.2, 0.25) is 5.02 Å². The average Bonchev–Trinajstić information content (AvgIpc) is 3.10. The smallest absolute Gasteiger partial charge is 0.141 e. The standard InChI is InChI=1S/C26H27ClN2O/c1-18(2)22-14-9-19(3)17-25(22)30-16-6-15-29-24-8-5-4-7-23(24)28-26(29)20-10-12-21(27)13-11-20/h4-5,7-14,17-18H,6,15-16H2,1-3H3. The van der Waals surface area contributed by atoms with Crippen molar-refractivity contribution in [2.75, 3.05) is 6.61 Å². The molecule has 0 radical (unpaired) electrons. The molecule has 0 N–H and O–H groups in total. The van der Waals surface area contributed by atoms with E-state index in [0.29, 0.717) is 12.5 Å². The van der Waals surface area contributed by atoms with E-state index in [4.69, 9.17) is 21.3 Å². The Morgan fingerprint density at radius 1 is 1.00 bits per heavy atom. The Kier molecular flexibility index (Phi) is 6.10. The van der Waals surface area contributed by atoms with E-state index < -0.39 is 0 Å². The number of halogens is 1. The SMILES string of the molecule is Cc1ccc(C(C)C)c(OCCCn2c(-c3ccc(Cl)cc3)nc3ccccc32)c1. The summed E-state index contributed by atoms with van der Waals surface area (Å²) < 4.78 is 8.48. The molecule has 0 atom stereocenters. The molecule has 0 fully saturated rings. The highest BCUT2D eigenvalue weighted by molar-refractivity contribution is 6.30. The number of rotatable bonds is 7. The van der Waals surface area contributed by atoms with Crippen LogP contribution in [-0.2, 0) is 6.54 Å². The van der Waals surface area contributed by atoms with Gasteiger partial charge in [-0.1, -0.05) is 49.7 Å². The van der Waals surface area contributed by atoms with Crippen LogP contribution in [0.5, 0.6) is 5.75 Å². The second-order valence-electron chi connectivity index (χ2n) is 7.98. The lowest BCUT2D eigenvalue weighted by molar-refractivity contribution is 0.298. The van der Waals surface area contributed by atoms with Gasteiger partial charge in [-0.15, -0.1) is 0 Å². The monoisotopic (exact) mass is 418 g/mol. The number of imidazole rings is 1. The van der Waals surface area contributed by atoms with Gasteiger partial charge in [-0.25, -0.2) is 4.98 Å². The van der Waals surface area contributed by atoms with Crippen LogP contribution in [0.15, 0.2) is 66.7 Å². The van der Waals surface area contributed by atoms with Crippen molar-refractivity contribution in [1.82, 2.24) is 9.55 Å². The molecule has 3 nitrogen and oxygen atoms in total. The summed E-state index contributed by atoms with van der Waals surface area (Å²) in [6.45, 7) is 8.01. The highest BCUT2D eigenvalue weighted by atomic mass is 35.5. The fourth-order valence-corrected chi connectivity index (χ4v) is 3.90. The Labute approximate surface area is 183 Å². The molecular formula is C26H27ClN2O. The Hall–Kier alpha value is -2.78. The molecule has 0 unspecified atom stereocenters. The number of aryl methyl sites for hydroxylation is 2. The number of hydrogen-bond acceptors (Lipinski definition) is 2. The van der Waals surface area contributed by atoms with Gasteiger partial charge >= 0.3 is 0 Å². The van der Waals surface area contributed by atoms with E-state index in [9.17, 15) is 0 Å². The summed E-state index contributed by atoms with van der Waals surface area (Å²) in [5, 5.41) is 0.730. The van der Waals surface area contributed by atoms with E-state index in [1.54, 1.807) is 0 Å². The van der Waals surface area contributed by atoms with Gasteiger partial charge in [0.15, 0.2) is 0 Å². The summed E-state index contributed by atoms with van der Waals surface area (Å²) in [5.41, 5.74) is 5.69. The first kappa shape index (κ1) is 20.5. The minimum atomic E-state index is 0.440. The molecule has 0 bridgehead atoms. The van der Waals surface area contributed by atoms with Crippen molar-refractivity contribution in [2.45, 2.75) is 39.7 Å². The molecule has 3 aromatic carbocycles. The van der Waals surface area contributed by atoms with Crippen molar-refractivity contribution < 1.29 is 4.74 Å². The maximum atomic E-state index is 6.20. The van der Waals surface area contributed by atoms with Crippen LogP contribution in [0.1, 0.15) is 37.3 Å². The van der Waals surface area contributed by atoms with Gasteiger partial charge in [-0.05, 0) is 72.9 Å². The lowest BCUT2D eigenvalue weighted by atomic mass is 10.0. The molecule has 0 aliphatic heterocycles. The summed E-state index contributed by atoms with van der Waals surface area (Å²) in [6, 6.07) is 22.6. The topological polar surface area (TPSA) is 27.1 Å². The van der Waals surface area contributed by atoms with Crippen molar-refractivity contribution in [2.24, 2.45) is 0 Å². The number of hydrogen-bond donors (Lipinski definition) is 0. The van der Waals surface area contributed by atoms with Gasteiger partial charge in [0, 0.05) is 17.1 Å². The van der Waals surface area contributed by atoms with Crippen molar-refractivity contribution in [1.29, 1.82) is 0 Å². The summed E-state index contributed by atoms with van der Waals surface area (Å²) in [5.74, 6) is 2.40. The molecule has 154 valence electrons. The zero-order valence-corrected chi connectivity index (χ0v) is 18.5. The van der Waals surface area contributed by atoms with Crippen molar-refractivity contribution in [3.8, 4) is 17.1 Å². The van der Waals surface area contributed by atoms with E-state index >= 15 is 0 Å². The number of benzene rings is 3. The lowest BCUT2D eigenvalue weighted by Crippen LogP contribution is -2.07. The lowest BCUT2D eigenvalue weighted by Gasteiger charge is -2.15. The van der Waals surface area contributed by atoms with E-state index in [2.05, 4.69) is 61.7 Å². The number of aromatic nitrogens is 2. The quantitative estimate of drug-likeness (QED) is 0.295. The average molecular weight is 419 g/mol. The number of nitrogens with zero attached hydrogens (tertiary/aromatic N) is 2. The molecule has 30 heavy (non-hydrogen) atoms. The highest BCUT2D eigenvalue weighted by Crippen LogP contribution is 2.29. The third-order valence-electron chi connectivity index (χ3n) is 5.33. The van der Waals surface area contributed by atoms with Gasteiger partial charge in [-0.3, -0.25) is 0 Å². The van der Waals surface area contributed by atoms with Crippen molar-refractivity contribution >= 4 is 22.6 Å². The van der Waals surface area contributed by atoms with Gasteiger partial charge in [0.05, 0.1) is 17.6 Å². The number of ether oxygens (including phenoxy) is 1. The molecule has 0 amide bonds. The molecule has 4 aromatic rings. The normalized spacial score (nSPS) is 11.4. The molecule has 4 heteroatoms.